The van der Waals surface area contributed by atoms with Gasteiger partial charge in [-0.25, -0.2) is 0 Å². The van der Waals surface area contributed by atoms with Crippen molar-refractivity contribution in [3.63, 3.8) is 0 Å². The Labute approximate surface area is 155 Å². The third-order valence-corrected chi connectivity index (χ3v) is 4.06. The Balaban J connectivity index is 2.20. The second-order valence-corrected chi connectivity index (χ2v) is 5.87. The molecule has 0 radical (unpaired) electrons. The second-order valence-electron chi connectivity index (χ2n) is 5.03. The molecule has 0 aromatic heterocycles. The molecule has 0 saturated carbocycles. The van der Waals surface area contributed by atoms with Gasteiger partial charge in [-0.2, -0.15) is 5.26 Å². The summed E-state index contributed by atoms with van der Waals surface area (Å²) in [5.41, 5.74) is 1.69. The largest absolute Gasteiger partial charge is 0.495 e. The highest BCUT2D eigenvalue weighted by atomic mass is 35.5. The number of nitriles is 1. The average Bonchev–Trinajstić information content (AvgIpc) is 2.59. The molecule has 0 aliphatic heterocycles. The lowest BCUT2D eigenvalue weighted by Gasteiger charge is -2.10. The molecule has 2 N–H and O–H groups in total. The summed E-state index contributed by atoms with van der Waals surface area (Å²) in [7, 11) is 1.51. The first-order valence-corrected chi connectivity index (χ1v) is 7.98. The second kappa shape index (κ2) is 8.43. The number of anilines is 2. The summed E-state index contributed by atoms with van der Waals surface area (Å²) >= 11 is 12.0. The predicted octanol–water partition coefficient (Wildman–Crippen LogP) is 4.77. The summed E-state index contributed by atoms with van der Waals surface area (Å²) in [5.74, 6) is -0.0228. The van der Waals surface area contributed by atoms with Gasteiger partial charge < -0.3 is 15.4 Å². The van der Waals surface area contributed by atoms with Crippen LogP contribution in [0.2, 0.25) is 10.0 Å². The van der Waals surface area contributed by atoms with Crippen LogP contribution >= 0.6 is 23.2 Å². The van der Waals surface area contributed by atoms with Crippen molar-refractivity contribution >= 4 is 40.5 Å². The summed E-state index contributed by atoms with van der Waals surface area (Å²) in [6.45, 7) is 1.78. The summed E-state index contributed by atoms with van der Waals surface area (Å²) in [5, 5.41) is 15.8. The molecule has 2 aromatic carbocycles. The summed E-state index contributed by atoms with van der Waals surface area (Å²) < 4.78 is 5.20. The molecule has 25 heavy (non-hydrogen) atoms. The number of carbonyl (C=O) groups excluding carboxylic acids is 1. The highest BCUT2D eigenvalue weighted by Gasteiger charge is 2.12. The number of amides is 1. The van der Waals surface area contributed by atoms with E-state index in [-0.39, 0.29) is 5.57 Å². The lowest BCUT2D eigenvalue weighted by molar-refractivity contribution is -0.112. The molecule has 2 rings (SSSR count). The first kappa shape index (κ1) is 18.7. The summed E-state index contributed by atoms with van der Waals surface area (Å²) in [6, 6.07) is 12.0. The third kappa shape index (κ3) is 4.66. The van der Waals surface area contributed by atoms with Gasteiger partial charge in [0.25, 0.3) is 5.91 Å². The molecule has 0 spiro atoms. The fourth-order valence-corrected chi connectivity index (χ4v) is 2.37. The van der Waals surface area contributed by atoms with E-state index >= 15 is 0 Å². The average molecular weight is 376 g/mol. The smallest absolute Gasteiger partial charge is 0.267 e. The zero-order valence-corrected chi connectivity index (χ0v) is 15.1. The van der Waals surface area contributed by atoms with Crippen LogP contribution in [0, 0.1) is 18.3 Å². The molecule has 0 fully saturated rings. The molecule has 0 unspecified atom stereocenters. The highest BCUT2D eigenvalue weighted by molar-refractivity contribution is 6.32. The zero-order valence-electron chi connectivity index (χ0n) is 13.6. The SMILES string of the molecule is COc1ccc(Cl)cc1N/C=C(/C#N)C(=O)Nc1cccc(Cl)c1C. The number of hydrogen-bond acceptors (Lipinski definition) is 4. The van der Waals surface area contributed by atoms with E-state index in [2.05, 4.69) is 10.6 Å². The van der Waals surface area contributed by atoms with E-state index in [1.54, 1.807) is 43.3 Å². The lowest BCUT2D eigenvalue weighted by Crippen LogP contribution is -2.15. The molecular weight excluding hydrogens is 361 g/mol. The Kier molecular flexibility index (Phi) is 6.29. The van der Waals surface area contributed by atoms with Gasteiger partial charge in [0.05, 0.1) is 12.8 Å². The molecule has 0 aliphatic carbocycles. The summed E-state index contributed by atoms with van der Waals surface area (Å²) in [6.07, 6.45) is 1.30. The van der Waals surface area contributed by atoms with Gasteiger partial charge in [0.1, 0.15) is 17.4 Å². The van der Waals surface area contributed by atoms with Crippen molar-refractivity contribution in [1.29, 1.82) is 5.26 Å². The van der Waals surface area contributed by atoms with Crippen molar-refractivity contribution in [2.24, 2.45) is 0 Å². The van der Waals surface area contributed by atoms with Crippen molar-refractivity contribution in [3.05, 3.63) is 63.8 Å². The van der Waals surface area contributed by atoms with Crippen LogP contribution in [0.15, 0.2) is 48.2 Å². The summed E-state index contributed by atoms with van der Waals surface area (Å²) in [4.78, 5) is 12.3. The fraction of sp³-hybridized carbons (Fsp3) is 0.111. The minimum atomic E-state index is -0.554. The maximum atomic E-state index is 12.3. The number of halogens is 2. The molecule has 0 bridgehead atoms. The Hall–Kier alpha value is -2.68. The van der Waals surface area contributed by atoms with E-state index in [0.29, 0.717) is 27.2 Å². The van der Waals surface area contributed by atoms with Gasteiger partial charge in [-0.3, -0.25) is 4.79 Å². The van der Waals surface area contributed by atoms with Crippen LogP contribution in [0.3, 0.4) is 0 Å². The van der Waals surface area contributed by atoms with Gasteiger partial charge in [0.2, 0.25) is 0 Å². The molecular formula is C18H15Cl2N3O2. The number of nitrogens with one attached hydrogen (secondary N) is 2. The molecule has 7 heteroatoms. The topological polar surface area (TPSA) is 74.1 Å². The van der Waals surface area contributed by atoms with Crippen LogP contribution in [0.1, 0.15) is 5.56 Å². The first-order chi connectivity index (χ1) is 12.0. The zero-order chi connectivity index (χ0) is 18.4. The Morgan fingerprint density at radius 1 is 1.24 bits per heavy atom. The van der Waals surface area contributed by atoms with Crippen LogP contribution in [0.25, 0.3) is 0 Å². The minimum Gasteiger partial charge on any atom is -0.495 e. The van der Waals surface area contributed by atoms with E-state index in [4.69, 9.17) is 27.9 Å². The van der Waals surface area contributed by atoms with Crippen LogP contribution in [0.5, 0.6) is 5.75 Å². The number of methoxy groups -OCH3 is 1. The Bertz CT molecular complexity index is 873. The van der Waals surface area contributed by atoms with Crippen molar-refractivity contribution in [3.8, 4) is 11.8 Å². The number of benzene rings is 2. The van der Waals surface area contributed by atoms with Gasteiger partial charge >= 0.3 is 0 Å². The number of hydrogen-bond donors (Lipinski definition) is 2. The maximum absolute atomic E-state index is 12.3. The quantitative estimate of drug-likeness (QED) is 0.582. The first-order valence-electron chi connectivity index (χ1n) is 7.23. The van der Waals surface area contributed by atoms with Gasteiger partial charge in [0, 0.05) is 21.9 Å². The van der Waals surface area contributed by atoms with E-state index in [0.717, 1.165) is 5.56 Å². The molecule has 0 saturated heterocycles. The van der Waals surface area contributed by atoms with Crippen molar-refractivity contribution < 1.29 is 9.53 Å². The Morgan fingerprint density at radius 2 is 2.00 bits per heavy atom. The van der Waals surface area contributed by atoms with Crippen LogP contribution in [-0.2, 0) is 4.79 Å². The molecule has 0 aliphatic rings. The van der Waals surface area contributed by atoms with Crippen LogP contribution in [-0.4, -0.2) is 13.0 Å². The van der Waals surface area contributed by atoms with Crippen molar-refractivity contribution in [1.82, 2.24) is 0 Å². The number of carbonyl (C=O) groups is 1. The normalized spacial score (nSPS) is 10.8. The molecule has 5 nitrogen and oxygen atoms in total. The lowest BCUT2D eigenvalue weighted by atomic mass is 10.2. The molecule has 1 amide bonds. The molecule has 2 aromatic rings. The fourth-order valence-electron chi connectivity index (χ4n) is 2.02. The van der Waals surface area contributed by atoms with Crippen molar-refractivity contribution in [2.45, 2.75) is 6.92 Å². The van der Waals surface area contributed by atoms with Crippen molar-refractivity contribution in [2.75, 3.05) is 17.7 Å². The molecule has 0 atom stereocenters. The maximum Gasteiger partial charge on any atom is 0.267 e. The monoisotopic (exact) mass is 375 g/mol. The Morgan fingerprint density at radius 3 is 2.68 bits per heavy atom. The van der Waals surface area contributed by atoms with E-state index in [1.165, 1.54) is 13.3 Å². The molecule has 128 valence electrons. The highest BCUT2D eigenvalue weighted by Crippen LogP contribution is 2.28. The van der Waals surface area contributed by atoms with Gasteiger partial charge in [-0.1, -0.05) is 29.3 Å². The van der Waals surface area contributed by atoms with E-state index < -0.39 is 5.91 Å². The van der Waals surface area contributed by atoms with E-state index in [9.17, 15) is 10.1 Å². The minimum absolute atomic E-state index is 0.110. The number of nitrogens with zero attached hydrogens (tertiary/aromatic N) is 1. The van der Waals surface area contributed by atoms with Gasteiger partial charge in [0.15, 0.2) is 0 Å². The predicted molar refractivity (Wildman–Crippen MR) is 100 cm³/mol. The number of rotatable bonds is 5. The molecule has 0 heterocycles. The number of ether oxygens (including phenoxy) is 1. The standard InChI is InChI=1S/C18H15Cl2N3O2/c1-11-14(20)4-3-5-15(11)23-18(24)12(9-21)10-22-16-8-13(19)6-7-17(16)25-2/h3-8,10,22H,1-2H3,(H,23,24)/b12-10-. The van der Waals surface area contributed by atoms with Crippen LogP contribution in [0.4, 0.5) is 11.4 Å². The van der Waals surface area contributed by atoms with Crippen LogP contribution < -0.4 is 15.4 Å². The van der Waals surface area contributed by atoms with Gasteiger partial charge in [-0.05, 0) is 42.8 Å². The third-order valence-electron chi connectivity index (χ3n) is 3.41. The van der Waals surface area contributed by atoms with Gasteiger partial charge in [-0.15, -0.1) is 0 Å². The van der Waals surface area contributed by atoms with E-state index in [1.807, 2.05) is 6.07 Å².